The van der Waals surface area contributed by atoms with Crippen LogP contribution >= 0.6 is 21.4 Å². The molecule has 11 heteroatoms. The van der Waals surface area contributed by atoms with Crippen molar-refractivity contribution in [1.29, 1.82) is 0 Å². The van der Waals surface area contributed by atoms with E-state index in [9.17, 15) is 16.8 Å². The second kappa shape index (κ2) is 6.50. The van der Waals surface area contributed by atoms with Crippen molar-refractivity contribution < 1.29 is 25.7 Å². The minimum Gasteiger partial charge on any atom is -0.511 e. The van der Waals surface area contributed by atoms with Crippen LogP contribution in [-0.4, -0.2) is 25.4 Å². The summed E-state index contributed by atoms with van der Waals surface area (Å²) in [5.41, 5.74) is 0. The zero-order valence-corrected chi connectivity index (χ0v) is 21.0. The minimum absolute atomic E-state index is 0.190. The first-order chi connectivity index (χ1) is 12.9. The molecule has 1 heterocycles. The van der Waals surface area contributed by atoms with Gasteiger partial charge in [0.15, 0.2) is 0 Å². The third-order valence-electron chi connectivity index (χ3n) is 4.97. The average molecular weight is 497 g/mol. The molecule has 0 amide bonds. The van der Waals surface area contributed by atoms with Gasteiger partial charge in [-0.1, -0.05) is 41.5 Å². The van der Waals surface area contributed by atoms with Gasteiger partial charge in [0.25, 0.3) is 18.1 Å². The topological polar surface area (TPSA) is 86.7 Å². The Bertz CT molecular complexity index is 1130. The minimum atomic E-state index is -4.09. The molecule has 0 fully saturated rings. The smallest absolute Gasteiger partial charge is 0.471 e. The fourth-order valence-corrected chi connectivity index (χ4v) is 9.92. The first-order valence-corrected chi connectivity index (χ1v) is 15.2. The van der Waals surface area contributed by atoms with E-state index in [4.69, 9.17) is 30.2 Å². The van der Waals surface area contributed by atoms with E-state index in [0.29, 0.717) is 22.3 Å². The molecule has 0 spiro atoms. The first kappa shape index (κ1) is 22.7. The molecule has 1 aliphatic rings. The van der Waals surface area contributed by atoms with Gasteiger partial charge in [0.1, 0.15) is 11.5 Å². The van der Waals surface area contributed by atoms with Crippen LogP contribution in [0.25, 0.3) is 10.8 Å². The van der Waals surface area contributed by atoms with Gasteiger partial charge in [0.2, 0.25) is 0 Å². The molecule has 29 heavy (non-hydrogen) atoms. The lowest BCUT2D eigenvalue weighted by Crippen LogP contribution is -2.63. The van der Waals surface area contributed by atoms with Crippen LogP contribution in [0.2, 0.25) is 10.1 Å². The van der Waals surface area contributed by atoms with Crippen molar-refractivity contribution in [3.05, 3.63) is 24.3 Å². The van der Waals surface area contributed by atoms with Crippen LogP contribution in [-0.2, 0) is 18.1 Å². The molecule has 6 nitrogen and oxygen atoms in total. The molecule has 2 aromatic rings. The van der Waals surface area contributed by atoms with Crippen LogP contribution < -0.4 is 8.85 Å². The summed E-state index contributed by atoms with van der Waals surface area (Å²) >= 11 is 0. The fourth-order valence-electron chi connectivity index (χ4n) is 3.89. The maximum absolute atomic E-state index is 12.0. The standard InChI is InChI=1S/C18H22Cl2O6S2Si/c1-17(2,3)29(18(4,5)6)25-14-9-12(27(19,21)22)7-11-8-13(28(20,23)24)10-15(26-29)16(11)14/h7-10H,1-6H3. The molecule has 160 valence electrons. The van der Waals surface area contributed by atoms with Gasteiger partial charge in [-0.25, -0.2) is 16.8 Å². The number of benzene rings is 2. The van der Waals surface area contributed by atoms with E-state index < -0.39 is 36.7 Å². The lowest BCUT2D eigenvalue weighted by molar-refractivity contribution is 0.287. The Morgan fingerprint density at radius 2 is 1.07 bits per heavy atom. The largest absolute Gasteiger partial charge is 0.511 e. The Kier molecular flexibility index (Phi) is 5.08. The summed E-state index contributed by atoms with van der Waals surface area (Å²) in [7, 11) is -0.170. The number of hydrogen-bond acceptors (Lipinski definition) is 6. The first-order valence-electron chi connectivity index (χ1n) is 8.76. The van der Waals surface area contributed by atoms with Crippen LogP contribution in [0.3, 0.4) is 0 Å². The molecule has 0 aromatic heterocycles. The Morgan fingerprint density at radius 3 is 1.34 bits per heavy atom. The molecule has 1 aliphatic heterocycles. The highest BCUT2D eigenvalue weighted by Gasteiger charge is 2.63. The summed E-state index contributed by atoms with van der Waals surface area (Å²) in [5.74, 6) is 0.607. The molecule has 2 aromatic carbocycles. The van der Waals surface area contributed by atoms with Crippen molar-refractivity contribution in [1.82, 2.24) is 0 Å². The predicted octanol–water partition coefficient (Wildman–Crippen LogP) is 5.51. The molecule has 0 saturated heterocycles. The highest BCUT2D eigenvalue weighted by molar-refractivity contribution is 8.14. The SMILES string of the molecule is CC(C)(C)[Si]1(C(C)(C)C)Oc2cc(S(=O)(=O)Cl)cc3cc(S(=O)(=O)Cl)cc(c23)O1. The van der Waals surface area contributed by atoms with Crippen LogP contribution in [0, 0.1) is 0 Å². The Balaban J connectivity index is 2.48. The predicted molar refractivity (Wildman–Crippen MR) is 116 cm³/mol. The van der Waals surface area contributed by atoms with Crippen LogP contribution in [0.5, 0.6) is 11.5 Å². The van der Waals surface area contributed by atoms with E-state index in [2.05, 4.69) is 0 Å². The lowest BCUT2D eigenvalue weighted by Gasteiger charge is -2.50. The number of halogens is 2. The van der Waals surface area contributed by atoms with E-state index in [1.807, 2.05) is 41.5 Å². The van der Waals surface area contributed by atoms with Crippen molar-refractivity contribution in [2.75, 3.05) is 0 Å². The second-order valence-electron chi connectivity index (χ2n) is 9.14. The molecule has 0 saturated carbocycles. The average Bonchev–Trinajstić information content (AvgIpc) is 2.50. The quantitative estimate of drug-likeness (QED) is 0.402. The summed E-state index contributed by atoms with van der Waals surface area (Å²) in [6, 6.07) is 5.30. The van der Waals surface area contributed by atoms with Gasteiger partial charge in [-0.05, 0) is 29.7 Å². The van der Waals surface area contributed by atoms with Crippen molar-refractivity contribution in [3.8, 4) is 11.5 Å². The monoisotopic (exact) mass is 496 g/mol. The molecular weight excluding hydrogens is 475 g/mol. The Morgan fingerprint density at radius 1 is 0.724 bits per heavy atom. The summed E-state index contributed by atoms with van der Waals surface area (Å²) in [5, 5.41) is -0.110. The van der Waals surface area contributed by atoms with Gasteiger partial charge >= 0.3 is 8.56 Å². The van der Waals surface area contributed by atoms with E-state index in [1.165, 1.54) is 24.3 Å². The van der Waals surface area contributed by atoms with Gasteiger partial charge in [-0.3, -0.25) is 0 Å². The molecule has 0 unspecified atom stereocenters. The normalized spacial score (nSPS) is 17.0. The van der Waals surface area contributed by atoms with Crippen LogP contribution in [0.15, 0.2) is 34.1 Å². The number of hydrogen-bond donors (Lipinski definition) is 0. The van der Waals surface area contributed by atoms with E-state index >= 15 is 0 Å². The molecule has 3 rings (SSSR count). The molecule has 0 radical (unpaired) electrons. The van der Waals surface area contributed by atoms with E-state index in [-0.39, 0.29) is 9.79 Å². The maximum Gasteiger partial charge on any atom is 0.471 e. The Labute approximate surface area is 181 Å². The summed E-state index contributed by atoms with van der Waals surface area (Å²) < 4.78 is 61.1. The third-order valence-corrected chi connectivity index (χ3v) is 12.6. The van der Waals surface area contributed by atoms with Gasteiger partial charge in [-0.2, -0.15) is 0 Å². The highest BCUT2D eigenvalue weighted by Crippen LogP contribution is 2.57. The van der Waals surface area contributed by atoms with Crippen molar-refractivity contribution in [2.24, 2.45) is 0 Å². The maximum atomic E-state index is 12.0. The molecule has 0 N–H and O–H groups in total. The van der Waals surface area contributed by atoms with E-state index in [0.717, 1.165) is 0 Å². The fraction of sp³-hybridized carbons (Fsp3) is 0.444. The van der Waals surface area contributed by atoms with Crippen molar-refractivity contribution in [2.45, 2.75) is 61.4 Å². The number of rotatable bonds is 2. The van der Waals surface area contributed by atoms with Gasteiger partial charge in [-0.15, -0.1) is 0 Å². The summed E-state index contributed by atoms with van der Waals surface area (Å²) in [4.78, 5) is -0.381. The molecular formula is C18H22Cl2O6S2Si. The van der Waals surface area contributed by atoms with Crippen LogP contribution in [0.1, 0.15) is 41.5 Å². The van der Waals surface area contributed by atoms with Crippen molar-refractivity contribution in [3.63, 3.8) is 0 Å². The molecule has 0 atom stereocenters. The van der Waals surface area contributed by atoms with Gasteiger partial charge in [0, 0.05) is 31.4 Å². The van der Waals surface area contributed by atoms with Crippen LogP contribution in [0.4, 0.5) is 0 Å². The summed E-state index contributed by atoms with van der Waals surface area (Å²) in [6.45, 7) is 11.9. The third kappa shape index (κ3) is 3.76. The van der Waals surface area contributed by atoms with E-state index in [1.54, 1.807) is 0 Å². The van der Waals surface area contributed by atoms with Gasteiger partial charge < -0.3 is 8.85 Å². The molecule has 0 bridgehead atoms. The Hall–Kier alpha value is -1.00. The zero-order valence-electron chi connectivity index (χ0n) is 16.8. The highest BCUT2D eigenvalue weighted by atomic mass is 35.7. The zero-order chi connectivity index (χ0) is 22.2. The lowest BCUT2D eigenvalue weighted by atomic mass is 10.1. The van der Waals surface area contributed by atoms with Gasteiger partial charge in [0.05, 0.1) is 15.2 Å². The van der Waals surface area contributed by atoms with Crippen molar-refractivity contribution >= 4 is 58.8 Å². The second-order valence-corrected chi connectivity index (χ2v) is 18.9. The molecule has 0 aliphatic carbocycles. The summed E-state index contributed by atoms with van der Waals surface area (Å²) in [6.07, 6.45) is 0.